The van der Waals surface area contributed by atoms with Crippen LogP contribution < -0.4 is 20.1 Å². The Morgan fingerprint density at radius 3 is 2.33 bits per heavy atom. The van der Waals surface area contributed by atoms with Gasteiger partial charge in [0, 0.05) is 28.8 Å². The summed E-state index contributed by atoms with van der Waals surface area (Å²) in [4.78, 5) is 6.94. The number of thiophene rings is 1. The Bertz CT molecular complexity index is 759. The highest BCUT2D eigenvalue weighted by Crippen LogP contribution is 2.32. The molecule has 0 atom stereocenters. The Morgan fingerprint density at radius 1 is 1.07 bits per heavy atom. The molecular weight excluding hydrogens is 473 g/mol. The van der Waals surface area contributed by atoms with Crippen molar-refractivity contribution in [1.82, 2.24) is 10.6 Å². The van der Waals surface area contributed by atoms with E-state index >= 15 is 0 Å². The summed E-state index contributed by atoms with van der Waals surface area (Å²) < 4.78 is 10.8. The van der Waals surface area contributed by atoms with Gasteiger partial charge < -0.3 is 20.1 Å². The Morgan fingerprint density at radius 2 is 1.78 bits per heavy atom. The topological polar surface area (TPSA) is 54.9 Å². The Balaban J connectivity index is 0.00000364. The monoisotopic (exact) mass is 503 g/mol. The molecule has 150 valence electrons. The van der Waals surface area contributed by atoms with Crippen molar-refractivity contribution in [3.8, 4) is 11.5 Å². The summed E-state index contributed by atoms with van der Waals surface area (Å²) in [5.41, 5.74) is 1.07. The van der Waals surface area contributed by atoms with E-state index in [4.69, 9.17) is 9.47 Å². The first-order valence-corrected chi connectivity index (χ1v) is 9.43. The van der Waals surface area contributed by atoms with Gasteiger partial charge in [0.1, 0.15) is 0 Å². The number of benzene rings is 1. The van der Waals surface area contributed by atoms with Gasteiger partial charge in [-0.1, -0.05) is 19.9 Å². The van der Waals surface area contributed by atoms with Gasteiger partial charge in [-0.3, -0.25) is 4.99 Å². The maximum Gasteiger partial charge on any atom is 0.191 e. The molecule has 0 saturated heterocycles. The van der Waals surface area contributed by atoms with Gasteiger partial charge in [0.05, 0.1) is 20.8 Å². The van der Waals surface area contributed by atoms with E-state index in [9.17, 15) is 0 Å². The van der Waals surface area contributed by atoms with Crippen LogP contribution in [-0.4, -0.2) is 33.8 Å². The molecule has 0 aliphatic rings. The zero-order valence-electron chi connectivity index (χ0n) is 16.9. The molecule has 5 nitrogen and oxygen atoms in total. The Hall–Kier alpha value is -1.48. The number of nitrogens with one attached hydrogen (secondary N) is 2. The minimum atomic E-state index is -0.101. The first kappa shape index (κ1) is 23.6. The second kappa shape index (κ2) is 10.8. The molecule has 0 bridgehead atoms. The third-order valence-electron chi connectivity index (χ3n) is 4.31. The average molecular weight is 503 g/mol. The first-order valence-electron chi connectivity index (χ1n) is 8.62. The van der Waals surface area contributed by atoms with Crippen molar-refractivity contribution >= 4 is 41.3 Å². The van der Waals surface area contributed by atoms with Crippen molar-refractivity contribution in [2.45, 2.75) is 32.7 Å². The second-order valence-electron chi connectivity index (χ2n) is 6.75. The number of nitrogens with zero attached hydrogens (tertiary/aromatic N) is 1. The molecule has 0 saturated carbocycles. The van der Waals surface area contributed by atoms with Gasteiger partial charge >= 0.3 is 0 Å². The molecule has 0 amide bonds. The molecule has 2 N–H and O–H groups in total. The number of aryl methyl sites for hydroxylation is 1. The number of guanidine groups is 1. The lowest BCUT2D eigenvalue weighted by Crippen LogP contribution is -2.43. The standard InChI is InChI=1S/C20H29N3O2S.HI/c1-14-7-9-16(26-14)12-22-19(21-4)23-13-20(2,3)15-8-10-17(24-5)18(11-15)25-6;/h7-11H,12-13H2,1-6H3,(H2,21,22,23);1H. The smallest absolute Gasteiger partial charge is 0.191 e. The molecular formula is C20H30IN3O2S. The fourth-order valence-electron chi connectivity index (χ4n) is 2.64. The van der Waals surface area contributed by atoms with Crippen LogP contribution >= 0.6 is 35.3 Å². The molecule has 2 rings (SSSR count). The SMILES string of the molecule is CN=C(NCc1ccc(C)s1)NCC(C)(C)c1ccc(OC)c(OC)c1.I. The van der Waals surface area contributed by atoms with E-state index in [-0.39, 0.29) is 29.4 Å². The molecule has 0 unspecified atom stereocenters. The first-order chi connectivity index (χ1) is 12.4. The average Bonchev–Trinajstić information content (AvgIpc) is 3.06. The predicted molar refractivity (Wildman–Crippen MR) is 125 cm³/mol. The summed E-state index contributed by atoms with van der Waals surface area (Å²) in [6.07, 6.45) is 0. The van der Waals surface area contributed by atoms with Crippen LogP contribution in [0.1, 0.15) is 29.2 Å². The number of methoxy groups -OCH3 is 2. The zero-order chi connectivity index (χ0) is 19.2. The van der Waals surface area contributed by atoms with Crippen molar-refractivity contribution in [3.05, 3.63) is 45.6 Å². The van der Waals surface area contributed by atoms with Crippen LogP contribution in [0.3, 0.4) is 0 Å². The van der Waals surface area contributed by atoms with Gasteiger partial charge in [-0.05, 0) is 36.8 Å². The number of halogens is 1. The predicted octanol–water partition coefficient (Wildman–Crippen LogP) is 4.33. The molecule has 1 heterocycles. The number of ether oxygens (including phenoxy) is 2. The maximum absolute atomic E-state index is 5.43. The van der Waals surface area contributed by atoms with Crippen molar-refractivity contribution in [3.63, 3.8) is 0 Å². The van der Waals surface area contributed by atoms with Gasteiger partial charge in [-0.25, -0.2) is 0 Å². The third-order valence-corrected chi connectivity index (χ3v) is 5.31. The lowest BCUT2D eigenvalue weighted by atomic mass is 9.84. The number of hydrogen-bond acceptors (Lipinski definition) is 4. The summed E-state index contributed by atoms with van der Waals surface area (Å²) in [6.45, 7) is 8.02. The lowest BCUT2D eigenvalue weighted by molar-refractivity contribution is 0.353. The van der Waals surface area contributed by atoms with Crippen molar-refractivity contribution in [2.75, 3.05) is 27.8 Å². The fourth-order valence-corrected chi connectivity index (χ4v) is 3.47. The summed E-state index contributed by atoms with van der Waals surface area (Å²) in [5.74, 6) is 2.28. The van der Waals surface area contributed by atoms with E-state index < -0.39 is 0 Å². The highest BCUT2D eigenvalue weighted by atomic mass is 127. The van der Waals surface area contributed by atoms with E-state index in [1.54, 1.807) is 32.6 Å². The van der Waals surface area contributed by atoms with Crippen LogP contribution in [0, 0.1) is 6.92 Å². The number of aliphatic imine (C=N–C) groups is 1. The van der Waals surface area contributed by atoms with Crippen molar-refractivity contribution in [1.29, 1.82) is 0 Å². The van der Waals surface area contributed by atoms with Gasteiger partial charge in [-0.15, -0.1) is 35.3 Å². The lowest BCUT2D eigenvalue weighted by Gasteiger charge is -2.27. The number of hydrogen-bond donors (Lipinski definition) is 2. The minimum absolute atomic E-state index is 0. The molecule has 0 aliphatic heterocycles. The summed E-state index contributed by atoms with van der Waals surface area (Å²) in [5, 5.41) is 6.79. The van der Waals surface area contributed by atoms with E-state index in [0.717, 1.165) is 30.5 Å². The molecule has 1 aromatic carbocycles. The summed E-state index contributed by atoms with van der Waals surface area (Å²) in [7, 11) is 5.10. The zero-order valence-corrected chi connectivity index (χ0v) is 20.0. The highest BCUT2D eigenvalue weighted by molar-refractivity contribution is 14.0. The quantitative estimate of drug-likeness (QED) is 0.336. The summed E-state index contributed by atoms with van der Waals surface area (Å²) >= 11 is 1.80. The van der Waals surface area contributed by atoms with Gasteiger partial charge in [0.2, 0.25) is 0 Å². The molecule has 0 spiro atoms. The van der Waals surface area contributed by atoms with Gasteiger partial charge in [0.25, 0.3) is 0 Å². The van der Waals surface area contributed by atoms with E-state index in [1.165, 1.54) is 15.3 Å². The Labute approximate surface area is 183 Å². The summed E-state index contributed by atoms with van der Waals surface area (Å²) in [6, 6.07) is 10.3. The van der Waals surface area contributed by atoms with Crippen LogP contribution in [0.25, 0.3) is 0 Å². The molecule has 0 fully saturated rings. The van der Waals surface area contributed by atoms with Gasteiger partial charge in [-0.2, -0.15) is 0 Å². The maximum atomic E-state index is 5.43. The van der Waals surface area contributed by atoms with Crippen LogP contribution in [-0.2, 0) is 12.0 Å². The van der Waals surface area contributed by atoms with Crippen LogP contribution in [0.5, 0.6) is 11.5 Å². The van der Waals surface area contributed by atoms with Crippen LogP contribution in [0.15, 0.2) is 35.3 Å². The molecule has 0 radical (unpaired) electrons. The van der Waals surface area contributed by atoms with E-state index in [2.05, 4.69) is 54.6 Å². The molecule has 2 aromatic rings. The molecule has 1 aromatic heterocycles. The molecule has 7 heteroatoms. The van der Waals surface area contributed by atoms with Crippen molar-refractivity contribution in [2.24, 2.45) is 4.99 Å². The normalized spacial score (nSPS) is 11.6. The largest absolute Gasteiger partial charge is 0.493 e. The van der Waals surface area contributed by atoms with Crippen LogP contribution in [0.4, 0.5) is 0 Å². The van der Waals surface area contributed by atoms with Gasteiger partial charge in [0.15, 0.2) is 17.5 Å². The molecule has 0 aliphatic carbocycles. The van der Waals surface area contributed by atoms with Crippen molar-refractivity contribution < 1.29 is 9.47 Å². The number of rotatable bonds is 7. The Kier molecular flexibility index (Phi) is 9.38. The third kappa shape index (κ3) is 6.57. The van der Waals surface area contributed by atoms with E-state index in [0.29, 0.717) is 0 Å². The van der Waals surface area contributed by atoms with E-state index in [1.807, 2.05) is 12.1 Å². The fraction of sp³-hybridized carbons (Fsp3) is 0.450. The second-order valence-corrected chi connectivity index (χ2v) is 8.12. The molecule has 27 heavy (non-hydrogen) atoms. The highest BCUT2D eigenvalue weighted by Gasteiger charge is 2.22. The minimum Gasteiger partial charge on any atom is -0.493 e. The van der Waals surface area contributed by atoms with Crippen LogP contribution in [0.2, 0.25) is 0 Å².